The lowest BCUT2D eigenvalue weighted by Gasteiger charge is -2.21. The van der Waals surface area contributed by atoms with Gasteiger partial charge in [-0.3, -0.25) is 4.21 Å². The van der Waals surface area contributed by atoms with Crippen molar-refractivity contribution in [1.29, 1.82) is 0 Å². The minimum atomic E-state index is -0.949. The zero-order chi connectivity index (χ0) is 15.7. The van der Waals surface area contributed by atoms with Crippen LogP contribution in [0.25, 0.3) is 0 Å². The van der Waals surface area contributed by atoms with Crippen LogP contribution < -0.4 is 5.32 Å². The molecule has 0 unspecified atom stereocenters. The van der Waals surface area contributed by atoms with Crippen molar-refractivity contribution in [3.05, 3.63) is 65.0 Å². The van der Waals surface area contributed by atoms with Crippen molar-refractivity contribution in [3.8, 4) is 0 Å². The lowest BCUT2D eigenvalue weighted by Crippen LogP contribution is -2.23. The van der Waals surface area contributed by atoms with E-state index in [1.54, 1.807) is 12.3 Å². The van der Waals surface area contributed by atoms with Gasteiger partial charge < -0.3 is 5.32 Å². The number of rotatable bonds is 4. The minimum Gasteiger partial charge on any atom is -0.303 e. The fourth-order valence-corrected chi connectivity index (χ4v) is 3.65. The van der Waals surface area contributed by atoms with Gasteiger partial charge >= 0.3 is 0 Å². The highest BCUT2D eigenvalue weighted by Gasteiger charge is 2.25. The normalized spacial score (nSPS) is 19.7. The van der Waals surface area contributed by atoms with E-state index >= 15 is 0 Å². The molecule has 0 heterocycles. The molecule has 1 aliphatic carbocycles. The molecule has 0 amide bonds. The van der Waals surface area contributed by atoms with Gasteiger partial charge in [0.15, 0.2) is 0 Å². The molecule has 3 atom stereocenters. The van der Waals surface area contributed by atoms with Gasteiger partial charge in [0.05, 0.1) is 0 Å². The Hall–Kier alpha value is -1.52. The summed E-state index contributed by atoms with van der Waals surface area (Å²) in [5, 5.41) is 3.58. The second-order valence-electron chi connectivity index (χ2n) is 5.81. The molecule has 0 saturated carbocycles. The molecule has 1 aliphatic rings. The molecule has 3 rings (SSSR count). The summed E-state index contributed by atoms with van der Waals surface area (Å²) in [6, 6.07) is 13.5. The van der Waals surface area contributed by atoms with E-state index in [2.05, 4.69) is 12.2 Å². The summed E-state index contributed by atoms with van der Waals surface area (Å²) < 4.78 is 25.2. The zero-order valence-corrected chi connectivity index (χ0v) is 13.6. The third kappa shape index (κ3) is 2.99. The van der Waals surface area contributed by atoms with Crippen LogP contribution in [-0.4, -0.2) is 10.5 Å². The van der Waals surface area contributed by atoms with Gasteiger partial charge in [0.1, 0.15) is 5.82 Å². The van der Waals surface area contributed by atoms with E-state index in [0.29, 0.717) is 0 Å². The molecule has 0 aliphatic heterocycles. The molecule has 0 spiro atoms. The summed E-state index contributed by atoms with van der Waals surface area (Å²) >= 11 is 0. The van der Waals surface area contributed by atoms with Crippen LogP contribution in [-0.2, 0) is 17.2 Å². The second-order valence-corrected chi connectivity index (χ2v) is 7.19. The average molecular weight is 317 g/mol. The molecule has 116 valence electrons. The zero-order valence-electron chi connectivity index (χ0n) is 12.8. The van der Waals surface area contributed by atoms with Gasteiger partial charge in [0, 0.05) is 34.0 Å². The maximum absolute atomic E-state index is 13.8. The maximum Gasteiger partial charge on any atom is 0.126 e. The first-order chi connectivity index (χ1) is 10.6. The number of benzene rings is 2. The van der Waals surface area contributed by atoms with Gasteiger partial charge in [-0.2, -0.15) is 0 Å². The van der Waals surface area contributed by atoms with E-state index in [9.17, 15) is 8.60 Å². The summed E-state index contributed by atoms with van der Waals surface area (Å²) in [6.07, 6.45) is 3.40. The molecule has 0 saturated heterocycles. The summed E-state index contributed by atoms with van der Waals surface area (Å²) in [4.78, 5) is 0.837. The predicted molar refractivity (Wildman–Crippen MR) is 87.8 cm³/mol. The highest BCUT2D eigenvalue weighted by atomic mass is 32.2. The molecule has 0 radical (unpaired) electrons. The SMILES string of the molecule is C[C@H](N[C@H]1CCc2c(F)cccc21)c1ccc([S@@](C)=O)cc1. The lowest BCUT2D eigenvalue weighted by molar-refractivity contribution is 0.465. The molecule has 1 N–H and O–H groups in total. The Morgan fingerprint density at radius 2 is 1.95 bits per heavy atom. The highest BCUT2D eigenvalue weighted by Crippen LogP contribution is 2.34. The molecule has 2 aromatic rings. The Morgan fingerprint density at radius 3 is 2.64 bits per heavy atom. The summed E-state index contributed by atoms with van der Waals surface area (Å²) in [5.41, 5.74) is 3.08. The smallest absolute Gasteiger partial charge is 0.126 e. The fraction of sp³-hybridized carbons (Fsp3) is 0.333. The first kappa shape index (κ1) is 15.4. The first-order valence-electron chi connectivity index (χ1n) is 7.53. The third-order valence-corrected chi connectivity index (χ3v) is 5.31. The van der Waals surface area contributed by atoms with Crippen molar-refractivity contribution in [2.45, 2.75) is 36.7 Å². The standard InChI is InChI=1S/C18H20FNOS/c1-12(13-6-8-14(9-7-13)22(2)21)20-18-11-10-15-16(18)4-3-5-17(15)19/h3-9,12,18,20H,10-11H2,1-2H3/t12-,18-,22+/m0/s1. The van der Waals surface area contributed by atoms with E-state index < -0.39 is 10.8 Å². The molecule has 22 heavy (non-hydrogen) atoms. The molecular formula is C18H20FNOS. The Labute approximate surface area is 133 Å². The minimum absolute atomic E-state index is 0.0933. The van der Waals surface area contributed by atoms with Crippen LogP contribution in [0, 0.1) is 5.82 Å². The van der Waals surface area contributed by atoms with Crippen LogP contribution >= 0.6 is 0 Å². The summed E-state index contributed by atoms with van der Waals surface area (Å²) in [5.74, 6) is -0.0933. The van der Waals surface area contributed by atoms with Crippen LogP contribution in [0.5, 0.6) is 0 Å². The van der Waals surface area contributed by atoms with Crippen LogP contribution in [0.15, 0.2) is 47.4 Å². The van der Waals surface area contributed by atoms with Gasteiger partial charge in [-0.25, -0.2) is 4.39 Å². The first-order valence-corrected chi connectivity index (χ1v) is 9.09. The Morgan fingerprint density at radius 1 is 1.23 bits per heavy atom. The van der Waals surface area contributed by atoms with E-state index in [4.69, 9.17) is 0 Å². The van der Waals surface area contributed by atoms with Crippen molar-refractivity contribution >= 4 is 10.8 Å². The van der Waals surface area contributed by atoms with Gasteiger partial charge in [0.25, 0.3) is 0 Å². The topological polar surface area (TPSA) is 29.1 Å². The van der Waals surface area contributed by atoms with Crippen molar-refractivity contribution in [1.82, 2.24) is 5.32 Å². The molecule has 2 aromatic carbocycles. The van der Waals surface area contributed by atoms with Crippen LogP contribution in [0.3, 0.4) is 0 Å². The monoisotopic (exact) mass is 317 g/mol. The largest absolute Gasteiger partial charge is 0.303 e. The van der Waals surface area contributed by atoms with Gasteiger partial charge in [0.2, 0.25) is 0 Å². The van der Waals surface area contributed by atoms with Crippen LogP contribution in [0.2, 0.25) is 0 Å². The number of nitrogens with one attached hydrogen (secondary N) is 1. The molecule has 0 fully saturated rings. The number of halogens is 1. The Balaban J connectivity index is 1.74. The Bertz CT molecular complexity index is 699. The quantitative estimate of drug-likeness (QED) is 0.926. The van der Waals surface area contributed by atoms with Gasteiger partial charge in [-0.1, -0.05) is 24.3 Å². The third-order valence-electron chi connectivity index (χ3n) is 4.38. The number of fused-ring (bicyclic) bond motifs is 1. The van der Waals surface area contributed by atoms with Crippen molar-refractivity contribution < 1.29 is 8.60 Å². The number of hydrogen-bond acceptors (Lipinski definition) is 2. The van der Waals surface area contributed by atoms with Crippen LogP contribution in [0.4, 0.5) is 4.39 Å². The van der Waals surface area contributed by atoms with Crippen LogP contribution in [0.1, 0.15) is 42.1 Å². The van der Waals surface area contributed by atoms with Crippen molar-refractivity contribution in [2.75, 3.05) is 6.26 Å². The molecule has 0 bridgehead atoms. The molecular weight excluding hydrogens is 297 g/mol. The highest BCUT2D eigenvalue weighted by molar-refractivity contribution is 7.84. The molecule has 0 aromatic heterocycles. The predicted octanol–water partition coefficient (Wildman–Crippen LogP) is 3.90. The van der Waals surface area contributed by atoms with Crippen molar-refractivity contribution in [3.63, 3.8) is 0 Å². The summed E-state index contributed by atoms with van der Waals surface area (Å²) in [6.45, 7) is 2.11. The van der Waals surface area contributed by atoms with E-state index in [-0.39, 0.29) is 17.9 Å². The van der Waals surface area contributed by atoms with Gasteiger partial charge in [-0.15, -0.1) is 0 Å². The van der Waals surface area contributed by atoms with E-state index in [1.165, 1.54) is 6.07 Å². The number of hydrogen-bond donors (Lipinski definition) is 1. The molecule has 4 heteroatoms. The van der Waals surface area contributed by atoms with Crippen molar-refractivity contribution in [2.24, 2.45) is 0 Å². The Kier molecular flexibility index (Phi) is 4.41. The molecule has 2 nitrogen and oxygen atoms in total. The van der Waals surface area contributed by atoms with E-state index in [1.807, 2.05) is 30.3 Å². The second kappa shape index (κ2) is 6.31. The van der Waals surface area contributed by atoms with Gasteiger partial charge in [-0.05, 0) is 54.7 Å². The lowest BCUT2D eigenvalue weighted by atomic mass is 10.0. The fourth-order valence-electron chi connectivity index (χ4n) is 3.13. The maximum atomic E-state index is 13.8. The average Bonchev–Trinajstić information content (AvgIpc) is 2.92. The summed E-state index contributed by atoms with van der Waals surface area (Å²) in [7, 11) is -0.949. The van der Waals surface area contributed by atoms with E-state index in [0.717, 1.165) is 34.4 Å².